The van der Waals surface area contributed by atoms with Gasteiger partial charge in [0, 0.05) is 42.7 Å². The predicted molar refractivity (Wildman–Crippen MR) is 182 cm³/mol. The van der Waals surface area contributed by atoms with Crippen molar-refractivity contribution in [3.8, 4) is 5.75 Å². The van der Waals surface area contributed by atoms with Gasteiger partial charge in [0.2, 0.25) is 29.5 Å². The molecule has 16 nitrogen and oxygen atoms in total. The number of aliphatic imine (C=N–C) groups is 1. The van der Waals surface area contributed by atoms with E-state index in [4.69, 9.17) is 22.9 Å². The number of amides is 5. The Kier molecular flexibility index (Phi) is 12.5. The second-order valence-electron chi connectivity index (χ2n) is 11.8. The minimum Gasteiger partial charge on any atom is -0.508 e. The van der Waals surface area contributed by atoms with Gasteiger partial charge in [0.1, 0.15) is 29.7 Å². The highest BCUT2D eigenvalue weighted by atomic mass is 19.1. The van der Waals surface area contributed by atoms with Crippen molar-refractivity contribution in [3.63, 3.8) is 0 Å². The number of nitrogens with zero attached hydrogens (tertiary/aromatic N) is 2. The number of phenols is 1. The lowest BCUT2D eigenvalue weighted by Gasteiger charge is -2.28. The zero-order valence-corrected chi connectivity index (χ0v) is 27.1. The number of primary amides is 1. The van der Waals surface area contributed by atoms with Crippen molar-refractivity contribution in [2.24, 2.45) is 27.9 Å². The van der Waals surface area contributed by atoms with E-state index in [0.717, 1.165) is 22.5 Å². The summed E-state index contributed by atoms with van der Waals surface area (Å²) in [4.78, 5) is 73.1. The molecule has 2 aromatic carbocycles. The van der Waals surface area contributed by atoms with Crippen LogP contribution in [0.2, 0.25) is 0 Å². The van der Waals surface area contributed by atoms with Crippen LogP contribution < -0.4 is 38.9 Å². The first-order valence-electron chi connectivity index (χ1n) is 15.8. The molecule has 1 aromatic heterocycles. The third kappa shape index (κ3) is 9.79. The Labute approximate surface area is 286 Å². The summed E-state index contributed by atoms with van der Waals surface area (Å²) in [5.74, 6) is -4.68. The molecule has 0 bridgehead atoms. The largest absolute Gasteiger partial charge is 0.508 e. The summed E-state index contributed by atoms with van der Waals surface area (Å²) in [6.07, 6.45) is 5.03. The van der Waals surface area contributed by atoms with E-state index in [1.54, 1.807) is 12.3 Å². The number of hydrogen-bond donors (Lipinski definition) is 9. The van der Waals surface area contributed by atoms with E-state index in [-0.39, 0.29) is 56.0 Å². The van der Waals surface area contributed by atoms with E-state index in [0.29, 0.717) is 0 Å². The lowest BCUT2D eigenvalue weighted by atomic mass is 10.0. The van der Waals surface area contributed by atoms with Gasteiger partial charge in [-0.15, -0.1) is 0 Å². The van der Waals surface area contributed by atoms with Crippen LogP contribution in [0.1, 0.15) is 24.0 Å². The van der Waals surface area contributed by atoms with Crippen LogP contribution in [0.5, 0.6) is 5.75 Å². The number of aromatic hydroxyl groups is 1. The van der Waals surface area contributed by atoms with Crippen molar-refractivity contribution < 1.29 is 33.5 Å². The molecule has 3 aromatic rings. The van der Waals surface area contributed by atoms with Crippen LogP contribution in [0.4, 0.5) is 4.39 Å². The maximum Gasteiger partial charge on any atom is 0.247 e. The average Bonchev–Trinajstić information content (AvgIpc) is 3.73. The Balaban J connectivity index is 1.37. The molecule has 4 atom stereocenters. The Morgan fingerprint density at radius 3 is 2.50 bits per heavy atom. The van der Waals surface area contributed by atoms with Crippen LogP contribution in [0.25, 0.3) is 10.9 Å². The Hall–Kier alpha value is -5.97. The molecule has 266 valence electrons. The summed E-state index contributed by atoms with van der Waals surface area (Å²) in [6, 6.07) is 6.35. The smallest absolute Gasteiger partial charge is 0.247 e. The molecule has 5 amide bonds. The molecule has 1 unspecified atom stereocenters. The molecule has 0 saturated carbocycles. The molecule has 17 heteroatoms. The molecule has 0 aliphatic carbocycles. The number of fused-ring (bicyclic) bond motifs is 1. The standard InChI is InChI=1S/C33H41FN10O6/c34-22-15-20(45)10-9-18(22)13-23(35)32(50)44-12-4-8-27(44)31(49)43-25(7-3-11-39-33(37)38)30(48)41-17-28(46)42-26(29(36)47)14-19-16-40-24-6-2-1-5-21(19)24/h1-2,4-6,8-10,15-16,23,25-27,40,45H,3,7,11-14,17,35H2,(H2,36,47)(H,41,48)(H,42,46)(H,43,49)(H4,37,38,39)/t23?,25-,26-,27-/m0/s1. The number of carbonyl (C=O) groups excluding carboxylic acids is 5. The third-order valence-corrected chi connectivity index (χ3v) is 8.08. The number of phenolic OH excluding ortho intramolecular Hbond substituents is 1. The van der Waals surface area contributed by atoms with Gasteiger partial charge in [0.25, 0.3) is 0 Å². The highest BCUT2D eigenvalue weighted by Gasteiger charge is 2.35. The Morgan fingerprint density at radius 1 is 1.02 bits per heavy atom. The Bertz CT molecular complexity index is 1790. The van der Waals surface area contributed by atoms with E-state index < -0.39 is 66.1 Å². The molecular formula is C33H41FN10O6. The third-order valence-electron chi connectivity index (χ3n) is 8.08. The van der Waals surface area contributed by atoms with Crippen molar-refractivity contribution in [2.75, 3.05) is 19.6 Å². The number of carbonyl (C=O) groups is 5. The van der Waals surface area contributed by atoms with E-state index in [9.17, 15) is 33.5 Å². The average molecular weight is 693 g/mol. The van der Waals surface area contributed by atoms with Gasteiger partial charge in [-0.3, -0.25) is 29.0 Å². The minimum absolute atomic E-state index is 0.0454. The number of benzene rings is 2. The van der Waals surface area contributed by atoms with E-state index >= 15 is 0 Å². The maximum atomic E-state index is 14.3. The molecule has 2 heterocycles. The van der Waals surface area contributed by atoms with Crippen LogP contribution >= 0.6 is 0 Å². The predicted octanol–water partition coefficient (Wildman–Crippen LogP) is -1.48. The number of nitrogens with two attached hydrogens (primary N) is 4. The molecule has 4 rings (SSSR count). The lowest BCUT2D eigenvalue weighted by Crippen LogP contribution is -2.56. The Morgan fingerprint density at radius 2 is 1.78 bits per heavy atom. The van der Waals surface area contributed by atoms with Gasteiger partial charge >= 0.3 is 0 Å². The topological polar surface area (TPSA) is 277 Å². The summed E-state index contributed by atoms with van der Waals surface area (Å²) in [6.45, 7) is -0.343. The van der Waals surface area contributed by atoms with Crippen molar-refractivity contribution in [1.29, 1.82) is 0 Å². The van der Waals surface area contributed by atoms with Gasteiger partial charge in [-0.2, -0.15) is 0 Å². The van der Waals surface area contributed by atoms with Gasteiger partial charge in [0.05, 0.1) is 12.6 Å². The van der Waals surface area contributed by atoms with Crippen molar-refractivity contribution in [1.82, 2.24) is 25.8 Å². The molecule has 0 radical (unpaired) electrons. The fourth-order valence-electron chi connectivity index (χ4n) is 5.52. The zero-order chi connectivity index (χ0) is 36.4. The number of para-hydroxylation sites is 1. The number of aromatic nitrogens is 1. The van der Waals surface area contributed by atoms with Gasteiger partial charge in [-0.1, -0.05) is 36.4 Å². The molecule has 0 spiro atoms. The summed E-state index contributed by atoms with van der Waals surface area (Å²) >= 11 is 0. The summed E-state index contributed by atoms with van der Waals surface area (Å²) in [7, 11) is 0. The zero-order valence-electron chi connectivity index (χ0n) is 27.1. The highest BCUT2D eigenvalue weighted by molar-refractivity contribution is 5.96. The van der Waals surface area contributed by atoms with Crippen LogP contribution in [-0.2, 0) is 36.8 Å². The first-order valence-corrected chi connectivity index (χ1v) is 15.8. The SMILES string of the molecule is NC(=O)[C@H](Cc1c[nH]c2ccccc12)NC(=O)CNC(=O)[C@H](CCCN=C(N)N)NC(=O)[C@@H]1C=CCN1C(=O)C(N)Cc1ccc(O)cc1F. The molecular weight excluding hydrogens is 651 g/mol. The quantitative estimate of drug-likeness (QED) is 0.0366. The first kappa shape index (κ1) is 36.9. The highest BCUT2D eigenvalue weighted by Crippen LogP contribution is 2.20. The summed E-state index contributed by atoms with van der Waals surface area (Å²) in [5.41, 5.74) is 24.2. The van der Waals surface area contributed by atoms with Crippen LogP contribution in [0.3, 0.4) is 0 Å². The van der Waals surface area contributed by atoms with Gasteiger partial charge in [-0.05, 0) is 42.5 Å². The number of guanidine groups is 1. The number of hydrogen-bond acceptors (Lipinski definition) is 8. The number of halogens is 1. The van der Waals surface area contributed by atoms with Gasteiger partial charge in [0.15, 0.2) is 5.96 Å². The minimum atomic E-state index is -1.21. The van der Waals surface area contributed by atoms with Gasteiger partial charge in [-0.25, -0.2) is 4.39 Å². The molecule has 0 fully saturated rings. The van der Waals surface area contributed by atoms with E-state index in [1.165, 1.54) is 23.1 Å². The second kappa shape index (κ2) is 16.9. The molecule has 50 heavy (non-hydrogen) atoms. The van der Waals surface area contributed by atoms with Crippen molar-refractivity contribution >= 4 is 46.4 Å². The van der Waals surface area contributed by atoms with E-state index in [1.807, 2.05) is 24.3 Å². The van der Waals surface area contributed by atoms with Crippen LogP contribution in [-0.4, -0.2) is 94.3 Å². The first-order chi connectivity index (χ1) is 23.8. The number of nitrogens with one attached hydrogen (secondary N) is 4. The van der Waals surface area contributed by atoms with Crippen LogP contribution in [0, 0.1) is 5.82 Å². The summed E-state index contributed by atoms with van der Waals surface area (Å²) in [5, 5.41) is 18.0. The molecule has 0 saturated heterocycles. The molecule has 1 aliphatic rings. The van der Waals surface area contributed by atoms with E-state index in [2.05, 4.69) is 25.9 Å². The lowest BCUT2D eigenvalue weighted by molar-refractivity contribution is -0.139. The maximum absolute atomic E-state index is 14.3. The molecule has 1 aliphatic heterocycles. The number of aromatic amines is 1. The fourth-order valence-corrected chi connectivity index (χ4v) is 5.52. The monoisotopic (exact) mass is 692 g/mol. The number of H-pyrrole nitrogens is 1. The second-order valence-corrected chi connectivity index (χ2v) is 11.8. The fraction of sp³-hybridized carbons (Fsp3) is 0.333. The molecule has 13 N–H and O–H groups in total. The van der Waals surface area contributed by atoms with Crippen LogP contribution in [0.15, 0.2) is 65.8 Å². The number of rotatable bonds is 16. The summed E-state index contributed by atoms with van der Waals surface area (Å²) < 4.78 is 14.3. The van der Waals surface area contributed by atoms with Crippen molar-refractivity contribution in [3.05, 3.63) is 77.8 Å². The normalized spacial score (nSPS) is 15.6. The van der Waals surface area contributed by atoms with Crippen molar-refractivity contribution in [2.45, 2.75) is 49.9 Å². The van der Waals surface area contributed by atoms with Gasteiger partial charge < -0.3 is 53.9 Å².